The van der Waals surface area contributed by atoms with E-state index in [1.807, 2.05) is 12.1 Å². The highest BCUT2D eigenvalue weighted by Gasteiger charge is 2.15. The van der Waals surface area contributed by atoms with Gasteiger partial charge in [0.05, 0.1) is 11.1 Å². The first-order valence-corrected chi connectivity index (χ1v) is 6.83. The maximum absolute atomic E-state index is 10.8. The highest BCUT2D eigenvalue weighted by molar-refractivity contribution is 5.87. The van der Waals surface area contributed by atoms with Crippen LogP contribution >= 0.6 is 0 Å². The van der Waals surface area contributed by atoms with Crippen LogP contribution in [0.15, 0.2) is 47.4 Å². The van der Waals surface area contributed by atoms with Gasteiger partial charge in [0.2, 0.25) is 5.88 Å². The number of ether oxygens (including phenoxy) is 1. The Kier molecular flexibility index (Phi) is 4.01. The van der Waals surface area contributed by atoms with Crippen LogP contribution in [-0.4, -0.2) is 26.2 Å². The number of rotatable bonds is 5. The molecule has 3 aromatic heterocycles. The van der Waals surface area contributed by atoms with Gasteiger partial charge in [0.1, 0.15) is 18.1 Å². The van der Waals surface area contributed by atoms with Crippen LogP contribution in [0.25, 0.3) is 11.3 Å². The molecule has 23 heavy (non-hydrogen) atoms. The predicted octanol–water partition coefficient (Wildman–Crippen LogP) is 2.72. The number of aryl methyl sites for hydroxylation is 1. The summed E-state index contributed by atoms with van der Waals surface area (Å²) in [6, 6.07) is 6.65. The summed E-state index contributed by atoms with van der Waals surface area (Å²) in [5, 5.41) is 12.9. The SMILES string of the molecule is Cc1onc(-c2cccnc2)c1COc1ccc(C(=O)O)cn1. The Morgan fingerprint density at radius 3 is 2.83 bits per heavy atom. The molecule has 3 aromatic rings. The Morgan fingerprint density at radius 1 is 1.30 bits per heavy atom. The number of carboxylic acid groups (broad SMARTS) is 1. The molecule has 0 aliphatic heterocycles. The number of carbonyl (C=O) groups is 1. The second-order valence-corrected chi connectivity index (χ2v) is 4.79. The van der Waals surface area contributed by atoms with Crippen LogP contribution in [0.1, 0.15) is 21.7 Å². The van der Waals surface area contributed by atoms with Crippen LogP contribution in [0, 0.1) is 6.92 Å². The Labute approximate surface area is 131 Å². The number of pyridine rings is 2. The zero-order valence-corrected chi connectivity index (χ0v) is 12.3. The van der Waals surface area contributed by atoms with Gasteiger partial charge in [-0.3, -0.25) is 4.98 Å². The van der Waals surface area contributed by atoms with Crippen molar-refractivity contribution in [1.29, 1.82) is 0 Å². The van der Waals surface area contributed by atoms with Gasteiger partial charge < -0.3 is 14.4 Å². The molecule has 116 valence electrons. The van der Waals surface area contributed by atoms with Crippen molar-refractivity contribution in [2.45, 2.75) is 13.5 Å². The average molecular weight is 311 g/mol. The van der Waals surface area contributed by atoms with E-state index in [0.717, 1.165) is 11.1 Å². The maximum atomic E-state index is 10.8. The van der Waals surface area contributed by atoms with E-state index >= 15 is 0 Å². The van der Waals surface area contributed by atoms with Crippen LogP contribution in [0.3, 0.4) is 0 Å². The lowest BCUT2D eigenvalue weighted by atomic mass is 10.1. The third-order valence-electron chi connectivity index (χ3n) is 3.27. The van der Waals surface area contributed by atoms with Crippen molar-refractivity contribution in [2.24, 2.45) is 0 Å². The molecule has 7 nitrogen and oxygen atoms in total. The molecular weight excluding hydrogens is 298 g/mol. The summed E-state index contributed by atoms with van der Waals surface area (Å²) in [4.78, 5) is 18.8. The van der Waals surface area contributed by atoms with E-state index < -0.39 is 5.97 Å². The van der Waals surface area contributed by atoms with Crippen molar-refractivity contribution in [3.63, 3.8) is 0 Å². The number of hydrogen-bond donors (Lipinski definition) is 1. The van der Waals surface area contributed by atoms with E-state index in [2.05, 4.69) is 15.1 Å². The van der Waals surface area contributed by atoms with Crippen LogP contribution in [0.4, 0.5) is 0 Å². The van der Waals surface area contributed by atoms with Gasteiger partial charge in [0.15, 0.2) is 0 Å². The molecular formula is C16H13N3O4. The van der Waals surface area contributed by atoms with Gasteiger partial charge in [0, 0.05) is 30.2 Å². The minimum atomic E-state index is -1.03. The van der Waals surface area contributed by atoms with Gasteiger partial charge in [0.25, 0.3) is 0 Å². The third-order valence-corrected chi connectivity index (χ3v) is 3.27. The van der Waals surface area contributed by atoms with Crippen LogP contribution in [0.5, 0.6) is 5.88 Å². The second-order valence-electron chi connectivity index (χ2n) is 4.79. The fraction of sp³-hybridized carbons (Fsp3) is 0.125. The van der Waals surface area contributed by atoms with Gasteiger partial charge in [-0.25, -0.2) is 9.78 Å². The molecule has 0 saturated carbocycles. The number of aromatic carboxylic acids is 1. The number of aromatic nitrogens is 3. The second kappa shape index (κ2) is 6.27. The van der Waals surface area contributed by atoms with Crippen molar-refractivity contribution in [3.05, 3.63) is 59.7 Å². The summed E-state index contributed by atoms with van der Waals surface area (Å²) in [6.07, 6.45) is 4.63. The summed E-state index contributed by atoms with van der Waals surface area (Å²) < 4.78 is 10.8. The monoisotopic (exact) mass is 311 g/mol. The largest absolute Gasteiger partial charge is 0.478 e. The van der Waals surface area contributed by atoms with Gasteiger partial charge in [-0.1, -0.05) is 5.16 Å². The molecule has 0 amide bonds. The van der Waals surface area contributed by atoms with Crippen molar-refractivity contribution in [2.75, 3.05) is 0 Å². The quantitative estimate of drug-likeness (QED) is 0.773. The molecule has 0 atom stereocenters. The molecule has 0 bridgehead atoms. The fourth-order valence-corrected chi connectivity index (χ4v) is 2.03. The molecule has 0 radical (unpaired) electrons. The predicted molar refractivity (Wildman–Crippen MR) is 80.0 cm³/mol. The molecule has 3 heterocycles. The normalized spacial score (nSPS) is 10.5. The zero-order chi connectivity index (χ0) is 16.2. The average Bonchev–Trinajstić information content (AvgIpc) is 2.95. The molecule has 0 spiro atoms. The Hall–Kier alpha value is -3.22. The highest BCUT2D eigenvalue weighted by atomic mass is 16.5. The Morgan fingerprint density at radius 2 is 2.17 bits per heavy atom. The number of nitrogens with zero attached hydrogens (tertiary/aromatic N) is 3. The molecule has 0 fully saturated rings. The minimum absolute atomic E-state index is 0.106. The van der Waals surface area contributed by atoms with Gasteiger partial charge >= 0.3 is 5.97 Å². The fourth-order valence-electron chi connectivity index (χ4n) is 2.03. The van der Waals surface area contributed by atoms with Crippen molar-refractivity contribution in [1.82, 2.24) is 15.1 Å². The summed E-state index contributed by atoms with van der Waals surface area (Å²) in [7, 11) is 0. The van der Waals surface area contributed by atoms with E-state index in [-0.39, 0.29) is 12.2 Å². The van der Waals surface area contributed by atoms with Gasteiger partial charge in [-0.05, 0) is 25.1 Å². The topological polar surface area (TPSA) is 98.3 Å². The summed E-state index contributed by atoms with van der Waals surface area (Å²) in [5.41, 5.74) is 2.39. The summed E-state index contributed by atoms with van der Waals surface area (Å²) >= 11 is 0. The van der Waals surface area contributed by atoms with E-state index in [9.17, 15) is 4.79 Å². The molecule has 0 aromatic carbocycles. The molecule has 0 unspecified atom stereocenters. The van der Waals surface area contributed by atoms with E-state index in [1.165, 1.54) is 18.3 Å². The smallest absolute Gasteiger partial charge is 0.337 e. The number of carboxylic acids is 1. The lowest BCUT2D eigenvalue weighted by molar-refractivity contribution is 0.0696. The van der Waals surface area contributed by atoms with E-state index in [0.29, 0.717) is 17.3 Å². The Balaban J connectivity index is 1.78. The summed E-state index contributed by atoms with van der Waals surface area (Å²) in [6.45, 7) is 2.01. The number of hydrogen-bond acceptors (Lipinski definition) is 6. The van der Waals surface area contributed by atoms with Crippen molar-refractivity contribution >= 4 is 5.97 Å². The molecule has 3 rings (SSSR count). The molecule has 7 heteroatoms. The summed E-state index contributed by atoms with van der Waals surface area (Å²) in [5.74, 6) is -0.0588. The molecule has 0 aliphatic rings. The molecule has 0 saturated heterocycles. The molecule has 1 N–H and O–H groups in total. The lowest BCUT2D eigenvalue weighted by Crippen LogP contribution is -2.01. The standard InChI is InChI=1S/C16H13N3O4/c1-10-13(15(19-23-10)11-3-2-6-17-7-11)9-22-14-5-4-12(8-18-14)16(20)21/h2-8H,9H2,1H3,(H,20,21). The van der Waals surface area contributed by atoms with Gasteiger partial charge in [-0.15, -0.1) is 0 Å². The maximum Gasteiger partial charge on any atom is 0.337 e. The minimum Gasteiger partial charge on any atom is -0.478 e. The third kappa shape index (κ3) is 3.18. The zero-order valence-electron chi connectivity index (χ0n) is 12.3. The van der Waals surface area contributed by atoms with Crippen LogP contribution in [0.2, 0.25) is 0 Å². The van der Waals surface area contributed by atoms with Crippen LogP contribution in [-0.2, 0) is 6.61 Å². The van der Waals surface area contributed by atoms with Crippen LogP contribution < -0.4 is 4.74 Å². The van der Waals surface area contributed by atoms with E-state index in [4.69, 9.17) is 14.4 Å². The first kappa shape index (κ1) is 14.7. The van der Waals surface area contributed by atoms with Gasteiger partial charge in [-0.2, -0.15) is 0 Å². The first-order valence-electron chi connectivity index (χ1n) is 6.83. The van der Waals surface area contributed by atoms with Crippen molar-refractivity contribution in [3.8, 4) is 17.1 Å². The van der Waals surface area contributed by atoms with Crippen molar-refractivity contribution < 1.29 is 19.2 Å². The highest BCUT2D eigenvalue weighted by Crippen LogP contribution is 2.25. The van der Waals surface area contributed by atoms with E-state index in [1.54, 1.807) is 19.3 Å². The Bertz CT molecular complexity index is 813. The first-order chi connectivity index (χ1) is 11.1. The lowest BCUT2D eigenvalue weighted by Gasteiger charge is -2.06. The molecule has 0 aliphatic carbocycles.